The van der Waals surface area contributed by atoms with E-state index in [9.17, 15) is 0 Å². The van der Waals surface area contributed by atoms with E-state index in [0.29, 0.717) is 0 Å². The second-order valence-corrected chi connectivity index (χ2v) is 6.42. The van der Waals surface area contributed by atoms with Gasteiger partial charge < -0.3 is 4.74 Å². The van der Waals surface area contributed by atoms with E-state index in [-0.39, 0.29) is 11.2 Å². The zero-order valence-corrected chi connectivity index (χ0v) is 12.2. The van der Waals surface area contributed by atoms with Crippen molar-refractivity contribution < 1.29 is 4.74 Å². The van der Waals surface area contributed by atoms with Crippen LogP contribution >= 0.6 is 0 Å². The van der Waals surface area contributed by atoms with Gasteiger partial charge in [-0.05, 0) is 41.3 Å². The lowest BCUT2D eigenvalue weighted by molar-refractivity contribution is -0.0511. The van der Waals surface area contributed by atoms with E-state index < -0.39 is 0 Å². The molecule has 3 aromatic rings. The highest BCUT2D eigenvalue weighted by molar-refractivity contribution is 5.90. The molecule has 0 saturated heterocycles. The van der Waals surface area contributed by atoms with Crippen LogP contribution in [0.2, 0.25) is 0 Å². The van der Waals surface area contributed by atoms with Crippen molar-refractivity contribution in [1.82, 2.24) is 0 Å². The van der Waals surface area contributed by atoms with Crippen LogP contribution in [0.25, 0.3) is 10.8 Å². The van der Waals surface area contributed by atoms with Crippen LogP contribution in [0, 0.1) is 0 Å². The standard InChI is InChI=1S/C20H16O/c1-19-15-9-5-6-10-16(15)20(2,21-19)18-14-8-4-3-7-13(14)11-12-17(18)19/h3-12H,1-2H3. The molecule has 3 aromatic carbocycles. The molecule has 1 nitrogen and oxygen atoms in total. The van der Waals surface area contributed by atoms with Gasteiger partial charge in [0, 0.05) is 5.56 Å². The molecule has 21 heavy (non-hydrogen) atoms. The maximum absolute atomic E-state index is 6.60. The highest BCUT2D eigenvalue weighted by atomic mass is 16.5. The molecule has 0 amide bonds. The monoisotopic (exact) mass is 272 g/mol. The molecule has 102 valence electrons. The summed E-state index contributed by atoms with van der Waals surface area (Å²) < 4.78 is 6.60. The van der Waals surface area contributed by atoms with Crippen LogP contribution in [-0.4, -0.2) is 0 Å². The van der Waals surface area contributed by atoms with Crippen LogP contribution < -0.4 is 0 Å². The minimum atomic E-state index is -0.332. The molecule has 2 unspecified atom stereocenters. The first kappa shape index (κ1) is 11.5. The number of fused-ring (bicyclic) bond motifs is 10. The SMILES string of the molecule is CC12OC(C)(c3ccccc31)c1c2ccc2ccccc12. The van der Waals surface area contributed by atoms with E-state index in [1.54, 1.807) is 0 Å². The molecule has 0 aliphatic carbocycles. The first-order valence-electron chi connectivity index (χ1n) is 7.47. The highest BCUT2D eigenvalue weighted by Gasteiger charge is 2.58. The van der Waals surface area contributed by atoms with Crippen LogP contribution in [0.1, 0.15) is 36.1 Å². The summed E-state index contributed by atoms with van der Waals surface area (Å²) in [6, 6.07) is 21.7. The average Bonchev–Trinajstić information content (AvgIpc) is 2.91. The minimum absolute atomic E-state index is 0.315. The molecule has 0 N–H and O–H groups in total. The fraction of sp³-hybridized carbons (Fsp3) is 0.200. The average molecular weight is 272 g/mol. The molecule has 2 aliphatic heterocycles. The summed E-state index contributed by atoms with van der Waals surface area (Å²) >= 11 is 0. The molecule has 0 aromatic heterocycles. The van der Waals surface area contributed by atoms with E-state index in [1.165, 1.54) is 33.0 Å². The zero-order valence-electron chi connectivity index (χ0n) is 12.2. The van der Waals surface area contributed by atoms with Crippen molar-refractivity contribution in [2.24, 2.45) is 0 Å². The van der Waals surface area contributed by atoms with Crippen molar-refractivity contribution in [2.75, 3.05) is 0 Å². The maximum atomic E-state index is 6.60. The van der Waals surface area contributed by atoms with E-state index in [0.717, 1.165) is 0 Å². The Morgan fingerprint density at radius 2 is 1.33 bits per heavy atom. The first-order chi connectivity index (χ1) is 10.1. The van der Waals surface area contributed by atoms with Crippen LogP contribution in [0.3, 0.4) is 0 Å². The summed E-state index contributed by atoms with van der Waals surface area (Å²) in [6.07, 6.45) is 0. The predicted molar refractivity (Wildman–Crippen MR) is 84.4 cm³/mol. The molecule has 2 atom stereocenters. The lowest BCUT2D eigenvalue weighted by Gasteiger charge is -2.27. The second kappa shape index (κ2) is 3.37. The quantitative estimate of drug-likeness (QED) is 0.576. The van der Waals surface area contributed by atoms with Gasteiger partial charge in [0.15, 0.2) is 0 Å². The Bertz CT molecular complexity index is 911. The Morgan fingerprint density at radius 3 is 2.14 bits per heavy atom. The fourth-order valence-electron chi connectivity index (χ4n) is 4.40. The molecular weight excluding hydrogens is 256 g/mol. The second-order valence-electron chi connectivity index (χ2n) is 6.42. The van der Waals surface area contributed by atoms with Crippen molar-refractivity contribution in [3.8, 4) is 0 Å². The van der Waals surface area contributed by atoms with Gasteiger partial charge in [0.05, 0.1) is 0 Å². The van der Waals surface area contributed by atoms with Gasteiger partial charge in [0.1, 0.15) is 11.2 Å². The molecule has 0 saturated carbocycles. The van der Waals surface area contributed by atoms with Crippen molar-refractivity contribution in [1.29, 1.82) is 0 Å². The van der Waals surface area contributed by atoms with Crippen LogP contribution in [0.4, 0.5) is 0 Å². The Labute approximate surface area is 124 Å². The predicted octanol–water partition coefficient (Wildman–Crippen LogP) is 4.71. The molecule has 1 heteroatoms. The van der Waals surface area contributed by atoms with Gasteiger partial charge in [-0.2, -0.15) is 0 Å². The normalized spacial score (nSPS) is 28.7. The molecule has 0 spiro atoms. The summed E-state index contributed by atoms with van der Waals surface area (Å²) in [5.41, 5.74) is 4.66. The summed E-state index contributed by atoms with van der Waals surface area (Å²) in [6.45, 7) is 4.42. The zero-order chi connectivity index (χ0) is 14.2. The Balaban J connectivity index is 1.98. The minimum Gasteiger partial charge on any atom is -0.350 e. The molecular formula is C20H16O. The third-order valence-corrected chi connectivity index (χ3v) is 5.28. The Hall–Kier alpha value is -2.12. The smallest absolute Gasteiger partial charge is 0.118 e. The third kappa shape index (κ3) is 1.14. The van der Waals surface area contributed by atoms with Gasteiger partial charge in [-0.3, -0.25) is 0 Å². The van der Waals surface area contributed by atoms with E-state index in [4.69, 9.17) is 4.74 Å². The summed E-state index contributed by atoms with van der Waals surface area (Å²) in [5.74, 6) is 0. The van der Waals surface area contributed by atoms with Gasteiger partial charge in [0.2, 0.25) is 0 Å². The number of hydrogen-bond acceptors (Lipinski definition) is 1. The van der Waals surface area contributed by atoms with E-state index in [1.807, 2.05) is 0 Å². The highest BCUT2D eigenvalue weighted by Crippen LogP contribution is 2.62. The van der Waals surface area contributed by atoms with Gasteiger partial charge in [-0.25, -0.2) is 0 Å². The maximum Gasteiger partial charge on any atom is 0.118 e. The largest absolute Gasteiger partial charge is 0.350 e. The van der Waals surface area contributed by atoms with Crippen molar-refractivity contribution in [3.63, 3.8) is 0 Å². The van der Waals surface area contributed by atoms with Crippen LogP contribution in [0.15, 0.2) is 60.7 Å². The molecule has 2 aliphatic rings. The van der Waals surface area contributed by atoms with Gasteiger partial charge in [-0.1, -0.05) is 60.7 Å². The van der Waals surface area contributed by atoms with Gasteiger partial charge in [-0.15, -0.1) is 0 Å². The topological polar surface area (TPSA) is 9.23 Å². The van der Waals surface area contributed by atoms with Gasteiger partial charge >= 0.3 is 0 Å². The Morgan fingerprint density at radius 1 is 0.667 bits per heavy atom. The molecule has 0 fully saturated rings. The molecule has 0 radical (unpaired) electrons. The van der Waals surface area contributed by atoms with Crippen LogP contribution in [-0.2, 0) is 15.9 Å². The van der Waals surface area contributed by atoms with Crippen molar-refractivity contribution in [2.45, 2.75) is 25.0 Å². The van der Waals surface area contributed by atoms with Gasteiger partial charge in [0.25, 0.3) is 0 Å². The molecule has 2 heterocycles. The third-order valence-electron chi connectivity index (χ3n) is 5.28. The number of hydrogen-bond donors (Lipinski definition) is 0. The van der Waals surface area contributed by atoms with Crippen molar-refractivity contribution >= 4 is 10.8 Å². The molecule has 2 bridgehead atoms. The fourth-order valence-corrected chi connectivity index (χ4v) is 4.40. The first-order valence-corrected chi connectivity index (χ1v) is 7.47. The number of rotatable bonds is 0. The summed E-state index contributed by atoms with van der Waals surface area (Å²) in [5, 5.41) is 2.60. The van der Waals surface area contributed by atoms with Crippen molar-refractivity contribution in [3.05, 3.63) is 82.9 Å². The van der Waals surface area contributed by atoms with E-state index in [2.05, 4.69) is 74.5 Å². The molecule has 5 rings (SSSR count). The lowest BCUT2D eigenvalue weighted by Crippen LogP contribution is -2.21. The van der Waals surface area contributed by atoms with Crippen LogP contribution in [0.5, 0.6) is 0 Å². The van der Waals surface area contributed by atoms with E-state index >= 15 is 0 Å². The number of ether oxygens (including phenoxy) is 1. The summed E-state index contributed by atoms with van der Waals surface area (Å²) in [4.78, 5) is 0. The number of benzene rings is 3. The Kier molecular flexibility index (Phi) is 1.85. The summed E-state index contributed by atoms with van der Waals surface area (Å²) in [7, 11) is 0. The lowest BCUT2D eigenvalue weighted by atomic mass is 9.72.